The van der Waals surface area contributed by atoms with E-state index < -0.39 is 9.84 Å². The molecule has 1 amide bonds. The van der Waals surface area contributed by atoms with Crippen LogP contribution in [0.2, 0.25) is 0 Å². The number of ether oxygens (including phenoxy) is 1. The fourth-order valence-corrected chi connectivity index (χ4v) is 4.19. The molecule has 0 atom stereocenters. The number of carbonyl (C=O) groups is 1. The molecule has 1 aliphatic rings. The molecule has 1 aliphatic carbocycles. The molecule has 0 spiro atoms. The van der Waals surface area contributed by atoms with Gasteiger partial charge in [-0.15, -0.1) is 0 Å². The van der Waals surface area contributed by atoms with Crippen LogP contribution < -0.4 is 4.74 Å². The molecule has 1 fully saturated rings. The first-order valence-corrected chi connectivity index (χ1v) is 11.9. The van der Waals surface area contributed by atoms with E-state index in [1.807, 2.05) is 31.3 Å². The number of nitrogens with zero attached hydrogens (tertiary/aromatic N) is 1. The first-order chi connectivity index (χ1) is 13.2. The zero-order valence-electron chi connectivity index (χ0n) is 16.0. The Hall–Kier alpha value is -1.86. The summed E-state index contributed by atoms with van der Waals surface area (Å²) in [5, 5.41) is 0. The summed E-state index contributed by atoms with van der Waals surface area (Å²) >= 11 is 3.43. The van der Waals surface area contributed by atoms with Gasteiger partial charge in [-0.3, -0.25) is 4.79 Å². The van der Waals surface area contributed by atoms with Crippen molar-refractivity contribution in [2.45, 2.75) is 29.6 Å². The van der Waals surface area contributed by atoms with Crippen LogP contribution in [0.5, 0.6) is 5.75 Å². The van der Waals surface area contributed by atoms with Crippen LogP contribution in [0.15, 0.2) is 57.9 Å². The van der Waals surface area contributed by atoms with Crippen molar-refractivity contribution in [3.8, 4) is 5.75 Å². The van der Waals surface area contributed by atoms with E-state index in [0.717, 1.165) is 22.9 Å². The van der Waals surface area contributed by atoms with Crippen molar-refractivity contribution < 1.29 is 17.9 Å². The van der Waals surface area contributed by atoms with Crippen LogP contribution in [0, 0.1) is 0 Å². The number of benzene rings is 2. The average Bonchev–Trinajstić information content (AvgIpc) is 3.46. The van der Waals surface area contributed by atoms with E-state index >= 15 is 0 Å². The molecule has 5 nitrogen and oxygen atoms in total. The zero-order chi connectivity index (χ0) is 20.4. The third-order valence-corrected chi connectivity index (χ3v) is 6.68. The van der Waals surface area contributed by atoms with Gasteiger partial charge in [-0.05, 0) is 55.2 Å². The highest BCUT2D eigenvalue weighted by Crippen LogP contribution is 2.49. The Labute approximate surface area is 174 Å². The number of halogens is 1. The fourth-order valence-electron chi connectivity index (χ4n) is 3.27. The van der Waals surface area contributed by atoms with Gasteiger partial charge in [-0.1, -0.05) is 34.1 Å². The summed E-state index contributed by atoms with van der Waals surface area (Å²) in [6.07, 6.45) is 3.60. The lowest BCUT2D eigenvalue weighted by molar-refractivity contribution is -0.132. The number of hydrogen-bond donors (Lipinski definition) is 0. The summed E-state index contributed by atoms with van der Waals surface area (Å²) in [6.45, 7) is 0.999. The van der Waals surface area contributed by atoms with Gasteiger partial charge >= 0.3 is 0 Å². The summed E-state index contributed by atoms with van der Waals surface area (Å²) in [6, 6.07) is 14.4. The summed E-state index contributed by atoms with van der Waals surface area (Å²) in [5.41, 5.74) is 0.696. The van der Waals surface area contributed by atoms with Gasteiger partial charge in [0.25, 0.3) is 0 Å². The smallest absolute Gasteiger partial charge is 0.232 e. The summed E-state index contributed by atoms with van der Waals surface area (Å²) in [5.74, 6) is 0.666. The molecule has 7 heteroatoms. The van der Waals surface area contributed by atoms with Crippen LogP contribution in [0.4, 0.5) is 0 Å². The van der Waals surface area contributed by atoms with Crippen molar-refractivity contribution in [1.29, 1.82) is 0 Å². The highest BCUT2D eigenvalue weighted by atomic mass is 79.9. The lowest BCUT2D eigenvalue weighted by atomic mass is 9.94. The Morgan fingerprint density at radius 1 is 1.18 bits per heavy atom. The number of sulfone groups is 1. The largest absolute Gasteiger partial charge is 0.493 e. The molecule has 150 valence electrons. The first-order valence-electron chi connectivity index (χ1n) is 9.17. The first kappa shape index (κ1) is 20.9. The molecule has 3 rings (SSSR count). The Kier molecular flexibility index (Phi) is 6.15. The van der Waals surface area contributed by atoms with Gasteiger partial charge in [0.05, 0.1) is 16.9 Å². The summed E-state index contributed by atoms with van der Waals surface area (Å²) in [4.78, 5) is 14.9. The molecule has 2 aromatic rings. The molecule has 0 saturated heterocycles. The SMILES string of the molecule is CN(CCCOc1cccc(S(C)(=O)=O)c1)C(=O)C1(c2ccc(Br)cc2)CC1. The number of carbonyl (C=O) groups excluding carboxylic acids is 1. The minimum Gasteiger partial charge on any atom is -0.493 e. The molecule has 0 unspecified atom stereocenters. The van der Waals surface area contributed by atoms with E-state index in [1.54, 1.807) is 23.1 Å². The van der Waals surface area contributed by atoms with E-state index in [1.165, 1.54) is 12.3 Å². The molecule has 28 heavy (non-hydrogen) atoms. The van der Waals surface area contributed by atoms with E-state index in [9.17, 15) is 13.2 Å². The maximum absolute atomic E-state index is 12.9. The zero-order valence-corrected chi connectivity index (χ0v) is 18.4. The topological polar surface area (TPSA) is 63.7 Å². The molecular formula is C21H24BrNO4S. The third kappa shape index (κ3) is 4.75. The van der Waals surface area contributed by atoms with Gasteiger partial charge < -0.3 is 9.64 Å². The van der Waals surface area contributed by atoms with Crippen molar-refractivity contribution in [3.05, 3.63) is 58.6 Å². The van der Waals surface area contributed by atoms with Gasteiger partial charge in [-0.2, -0.15) is 0 Å². The quantitative estimate of drug-likeness (QED) is 0.555. The molecule has 2 aromatic carbocycles. The molecule has 0 aromatic heterocycles. The van der Waals surface area contributed by atoms with Crippen molar-refractivity contribution >= 4 is 31.7 Å². The number of likely N-dealkylation sites (N-methyl/N-ethyl adjacent to an activating group) is 1. The highest BCUT2D eigenvalue weighted by molar-refractivity contribution is 9.10. The minimum absolute atomic E-state index is 0.147. The van der Waals surface area contributed by atoms with Gasteiger partial charge in [0.15, 0.2) is 9.84 Å². The van der Waals surface area contributed by atoms with Crippen LogP contribution in [0.3, 0.4) is 0 Å². The van der Waals surface area contributed by atoms with Crippen molar-refractivity contribution in [2.24, 2.45) is 0 Å². The molecule has 0 heterocycles. The van der Waals surface area contributed by atoms with E-state index in [2.05, 4.69) is 15.9 Å². The average molecular weight is 466 g/mol. The van der Waals surface area contributed by atoms with Gasteiger partial charge in [0.2, 0.25) is 5.91 Å². The maximum Gasteiger partial charge on any atom is 0.232 e. The Balaban J connectivity index is 1.51. The predicted octanol–water partition coefficient (Wildman–Crippen LogP) is 3.81. The number of rotatable bonds is 8. The molecular weight excluding hydrogens is 442 g/mol. The second-order valence-electron chi connectivity index (χ2n) is 7.26. The highest BCUT2D eigenvalue weighted by Gasteiger charge is 2.52. The van der Waals surface area contributed by atoms with Gasteiger partial charge in [-0.25, -0.2) is 8.42 Å². The molecule has 0 bridgehead atoms. The fraction of sp³-hybridized carbons (Fsp3) is 0.381. The molecule has 0 N–H and O–H groups in total. The van der Waals surface area contributed by atoms with Crippen LogP contribution in [0.25, 0.3) is 0 Å². The standard InChI is InChI=1S/C21H24BrNO4S/c1-23(20(24)21(11-12-21)16-7-9-17(22)10-8-16)13-4-14-27-18-5-3-6-19(15-18)28(2,25)26/h3,5-10,15H,4,11-14H2,1-2H3. The maximum atomic E-state index is 12.9. The molecule has 1 saturated carbocycles. The van der Waals surface area contributed by atoms with Gasteiger partial charge in [0, 0.05) is 24.3 Å². The van der Waals surface area contributed by atoms with Crippen LogP contribution in [0.1, 0.15) is 24.8 Å². The van der Waals surface area contributed by atoms with Crippen LogP contribution >= 0.6 is 15.9 Å². The number of hydrogen-bond acceptors (Lipinski definition) is 4. The van der Waals surface area contributed by atoms with Crippen LogP contribution in [-0.4, -0.2) is 45.7 Å². The number of amides is 1. The summed E-state index contributed by atoms with van der Waals surface area (Å²) in [7, 11) is -1.43. The predicted molar refractivity (Wildman–Crippen MR) is 112 cm³/mol. The monoisotopic (exact) mass is 465 g/mol. The Morgan fingerprint density at radius 3 is 2.46 bits per heavy atom. The summed E-state index contributed by atoms with van der Waals surface area (Å²) < 4.78 is 29.9. The second kappa shape index (κ2) is 8.25. The molecule has 0 aliphatic heterocycles. The minimum atomic E-state index is -3.25. The lowest BCUT2D eigenvalue weighted by Crippen LogP contribution is -2.37. The van der Waals surface area contributed by atoms with E-state index in [-0.39, 0.29) is 16.2 Å². The second-order valence-corrected chi connectivity index (χ2v) is 10.2. The lowest BCUT2D eigenvalue weighted by Gasteiger charge is -2.24. The van der Waals surface area contributed by atoms with Gasteiger partial charge in [0.1, 0.15) is 5.75 Å². The van der Waals surface area contributed by atoms with Crippen LogP contribution in [-0.2, 0) is 20.0 Å². The van der Waals surface area contributed by atoms with Crippen molar-refractivity contribution in [1.82, 2.24) is 4.90 Å². The third-order valence-electron chi connectivity index (χ3n) is 5.04. The molecule has 0 radical (unpaired) electrons. The van der Waals surface area contributed by atoms with E-state index in [4.69, 9.17) is 4.74 Å². The van der Waals surface area contributed by atoms with Crippen molar-refractivity contribution in [2.75, 3.05) is 26.5 Å². The normalized spacial score (nSPS) is 15.1. The van der Waals surface area contributed by atoms with Crippen molar-refractivity contribution in [3.63, 3.8) is 0 Å². The van der Waals surface area contributed by atoms with E-state index in [0.29, 0.717) is 25.3 Å². The Morgan fingerprint density at radius 2 is 1.86 bits per heavy atom. The Bertz CT molecular complexity index is 953.